The highest BCUT2D eigenvalue weighted by Gasteiger charge is 2.19. The van der Waals surface area contributed by atoms with E-state index >= 15 is 0 Å². The molecule has 0 saturated carbocycles. The Balaban J connectivity index is 3.71. The molecule has 0 unspecified atom stereocenters. The lowest BCUT2D eigenvalue weighted by atomic mass is 10.4. The van der Waals surface area contributed by atoms with E-state index in [4.69, 9.17) is 21.4 Å². The fourth-order valence-electron chi connectivity index (χ4n) is 0.278. The lowest BCUT2D eigenvalue weighted by molar-refractivity contribution is -0.169. The first-order chi connectivity index (χ1) is 3.98. The largest absolute Gasteiger partial charge is 0.370 e. The van der Waals surface area contributed by atoms with Crippen molar-refractivity contribution in [2.24, 2.45) is 5.73 Å². The van der Waals surface area contributed by atoms with Gasteiger partial charge in [-0.3, -0.25) is 5.41 Å². The maximum atomic E-state index is 8.65. The molecule has 0 aromatic rings. The zero-order chi connectivity index (χ0) is 7.49. The molecule has 0 atom stereocenters. The molecular formula is C4H10N3O2. The lowest BCUT2D eigenvalue weighted by Crippen LogP contribution is -2.50. The number of guanidine groups is 1. The van der Waals surface area contributed by atoms with Gasteiger partial charge in [-0.05, 0) is 6.92 Å². The molecule has 0 spiro atoms. The molecule has 0 saturated heterocycles. The second-order valence-corrected chi connectivity index (χ2v) is 1.61. The molecule has 0 rings (SSSR count). The standard InChI is InChI=1S/C4H10N3O2/c1-2-4(8,9)7-3(5)6/h8-9H,1-2H2,(H4,5,6,7). The van der Waals surface area contributed by atoms with Crippen LogP contribution in [0.5, 0.6) is 0 Å². The van der Waals surface area contributed by atoms with E-state index < -0.39 is 11.9 Å². The van der Waals surface area contributed by atoms with E-state index in [0.29, 0.717) is 0 Å². The van der Waals surface area contributed by atoms with Crippen molar-refractivity contribution in [2.75, 3.05) is 0 Å². The Hall–Kier alpha value is -0.810. The average molecular weight is 132 g/mol. The first-order valence-electron chi connectivity index (χ1n) is 2.34. The Morgan fingerprint density at radius 1 is 1.78 bits per heavy atom. The summed E-state index contributed by atoms with van der Waals surface area (Å²) in [6.07, 6.45) is -0.174. The third-order valence-electron chi connectivity index (χ3n) is 0.683. The van der Waals surface area contributed by atoms with Gasteiger partial charge in [0.05, 0.1) is 0 Å². The Kier molecular flexibility index (Phi) is 2.41. The lowest BCUT2D eigenvalue weighted by Gasteiger charge is -2.20. The molecule has 0 fully saturated rings. The van der Waals surface area contributed by atoms with Gasteiger partial charge >= 0.3 is 0 Å². The second kappa shape index (κ2) is 2.65. The topological polar surface area (TPSA) is 102 Å². The quantitative estimate of drug-likeness (QED) is 0.176. The van der Waals surface area contributed by atoms with Crippen LogP contribution in [0.2, 0.25) is 0 Å². The van der Waals surface area contributed by atoms with Crippen LogP contribution in [0.1, 0.15) is 6.42 Å². The van der Waals surface area contributed by atoms with Crippen molar-refractivity contribution in [1.29, 1.82) is 5.41 Å². The van der Waals surface area contributed by atoms with Gasteiger partial charge in [-0.2, -0.15) is 0 Å². The summed E-state index contributed by atoms with van der Waals surface area (Å²) in [5, 5.41) is 25.8. The van der Waals surface area contributed by atoms with Gasteiger partial charge in [-0.15, -0.1) is 0 Å². The molecule has 6 N–H and O–H groups in total. The van der Waals surface area contributed by atoms with Gasteiger partial charge in [0.2, 0.25) is 5.91 Å². The third-order valence-corrected chi connectivity index (χ3v) is 0.683. The van der Waals surface area contributed by atoms with Crippen LogP contribution >= 0.6 is 0 Å². The van der Waals surface area contributed by atoms with E-state index in [1.54, 1.807) is 0 Å². The molecule has 9 heavy (non-hydrogen) atoms. The highest BCUT2D eigenvalue weighted by Crippen LogP contribution is 1.96. The second-order valence-electron chi connectivity index (χ2n) is 1.61. The van der Waals surface area contributed by atoms with Gasteiger partial charge in [0, 0.05) is 6.42 Å². The van der Waals surface area contributed by atoms with Crippen LogP contribution in [0.3, 0.4) is 0 Å². The van der Waals surface area contributed by atoms with E-state index in [0.717, 1.165) is 0 Å². The van der Waals surface area contributed by atoms with E-state index in [1.165, 1.54) is 0 Å². The molecule has 53 valence electrons. The molecule has 0 aromatic carbocycles. The van der Waals surface area contributed by atoms with Crippen LogP contribution < -0.4 is 11.1 Å². The van der Waals surface area contributed by atoms with E-state index in [2.05, 4.69) is 6.92 Å². The Morgan fingerprint density at radius 2 is 2.22 bits per heavy atom. The summed E-state index contributed by atoms with van der Waals surface area (Å²) >= 11 is 0. The number of hydrogen-bond donors (Lipinski definition) is 5. The van der Waals surface area contributed by atoms with Crippen LogP contribution in [0, 0.1) is 12.3 Å². The van der Waals surface area contributed by atoms with Gasteiger partial charge in [-0.1, -0.05) is 0 Å². The van der Waals surface area contributed by atoms with Crippen LogP contribution in [0.4, 0.5) is 0 Å². The van der Waals surface area contributed by atoms with Gasteiger partial charge < -0.3 is 21.3 Å². The normalized spacial score (nSPS) is 11.0. The van der Waals surface area contributed by atoms with Crippen molar-refractivity contribution in [1.82, 2.24) is 5.32 Å². The first-order valence-corrected chi connectivity index (χ1v) is 2.34. The molecule has 0 bridgehead atoms. The minimum absolute atomic E-state index is 0.174. The monoisotopic (exact) mass is 132 g/mol. The van der Waals surface area contributed by atoms with Gasteiger partial charge in [0.25, 0.3) is 0 Å². The van der Waals surface area contributed by atoms with E-state index in [9.17, 15) is 0 Å². The van der Waals surface area contributed by atoms with Crippen LogP contribution in [0.15, 0.2) is 0 Å². The summed E-state index contributed by atoms with van der Waals surface area (Å²) in [5.41, 5.74) is 4.78. The van der Waals surface area contributed by atoms with Crippen LogP contribution in [-0.4, -0.2) is 22.1 Å². The zero-order valence-corrected chi connectivity index (χ0v) is 4.89. The molecule has 1 radical (unpaired) electrons. The predicted molar refractivity (Wildman–Crippen MR) is 32.2 cm³/mol. The van der Waals surface area contributed by atoms with Crippen molar-refractivity contribution < 1.29 is 10.2 Å². The highest BCUT2D eigenvalue weighted by atomic mass is 16.5. The van der Waals surface area contributed by atoms with Crippen molar-refractivity contribution in [3.63, 3.8) is 0 Å². The smallest absolute Gasteiger partial charge is 0.246 e. The van der Waals surface area contributed by atoms with Gasteiger partial charge in [0.15, 0.2) is 5.96 Å². The Bertz CT molecular complexity index is 112. The highest BCUT2D eigenvalue weighted by molar-refractivity contribution is 5.74. The minimum atomic E-state index is -2.15. The average Bonchev–Trinajstić information content (AvgIpc) is 1.63. The molecule has 0 heterocycles. The number of aliphatic hydroxyl groups is 2. The number of nitrogens with two attached hydrogens (primary N) is 1. The van der Waals surface area contributed by atoms with Crippen molar-refractivity contribution in [3.8, 4) is 0 Å². The summed E-state index contributed by atoms with van der Waals surface area (Å²) in [4.78, 5) is 0. The SMILES string of the molecule is [CH2]CC(O)(O)NC(=N)N. The van der Waals surface area contributed by atoms with Crippen molar-refractivity contribution >= 4 is 5.96 Å². The predicted octanol–water partition coefficient (Wildman–Crippen LogP) is -1.67. The van der Waals surface area contributed by atoms with Gasteiger partial charge in [0.1, 0.15) is 0 Å². The summed E-state index contributed by atoms with van der Waals surface area (Å²) < 4.78 is 0. The molecule has 0 aliphatic rings. The summed E-state index contributed by atoms with van der Waals surface area (Å²) in [5.74, 6) is -2.64. The molecule has 0 amide bonds. The zero-order valence-electron chi connectivity index (χ0n) is 4.89. The maximum Gasteiger partial charge on any atom is 0.246 e. The van der Waals surface area contributed by atoms with E-state index in [1.807, 2.05) is 5.32 Å². The van der Waals surface area contributed by atoms with Crippen LogP contribution in [-0.2, 0) is 0 Å². The summed E-state index contributed by atoms with van der Waals surface area (Å²) in [6, 6.07) is 0. The summed E-state index contributed by atoms with van der Waals surface area (Å²) in [7, 11) is 0. The Labute approximate surface area is 53.0 Å². The minimum Gasteiger partial charge on any atom is -0.370 e. The maximum absolute atomic E-state index is 8.65. The van der Waals surface area contributed by atoms with Crippen molar-refractivity contribution in [3.05, 3.63) is 6.92 Å². The fraction of sp³-hybridized carbons (Fsp3) is 0.500. The fourth-order valence-corrected chi connectivity index (χ4v) is 0.278. The number of nitrogens with one attached hydrogen (secondary N) is 2. The van der Waals surface area contributed by atoms with Crippen molar-refractivity contribution in [2.45, 2.75) is 12.3 Å². The number of hydrogen-bond acceptors (Lipinski definition) is 3. The molecule has 0 aliphatic heterocycles. The third kappa shape index (κ3) is 3.75. The van der Waals surface area contributed by atoms with Gasteiger partial charge in [-0.25, -0.2) is 0 Å². The Morgan fingerprint density at radius 3 is 2.33 bits per heavy atom. The molecule has 0 aromatic heterocycles. The molecule has 0 aliphatic carbocycles. The molecule has 5 nitrogen and oxygen atoms in total. The summed E-state index contributed by atoms with van der Waals surface area (Å²) in [6.45, 7) is 3.20. The number of rotatable bonds is 2. The molecule has 5 heteroatoms. The van der Waals surface area contributed by atoms with Crippen LogP contribution in [0.25, 0.3) is 0 Å². The molecular weight excluding hydrogens is 122 g/mol. The first kappa shape index (κ1) is 8.19. The van der Waals surface area contributed by atoms with E-state index in [-0.39, 0.29) is 6.42 Å².